The molecule has 0 radical (unpaired) electrons. The number of ketones is 1. The SMILES string of the molecule is CC(=O)C(C)[Se]C(=[Se])N1CCCCC1. The molecule has 14 heavy (non-hydrogen) atoms. The molecule has 1 atom stereocenters. The molecule has 0 aliphatic carbocycles. The summed E-state index contributed by atoms with van der Waals surface area (Å²) in [5.41, 5.74) is 0. The molecule has 4 heteroatoms. The zero-order chi connectivity index (χ0) is 10.6. The fourth-order valence-electron chi connectivity index (χ4n) is 1.39. The van der Waals surface area contributed by atoms with E-state index in [0.717, 1.165) is 0 Å². The Morgan fingerprint density at radius 1 is 1.36 bits per heavy atom. The van der Waals surface area contributed by atoms with Crippen LogP contribution in [0.5, 0.6) is 0 Å². The van der Waals surface area contributed by atoms with Gasteiger partial charge in [0.1, 0.15) is 0 Å². The molecule has 0 aromatic rings. The molecule has 1 unspecified atom stereocenters. The van der Waals surface area contributed by atoms with Gasteiger partial charge in [-0.2, -0.15) is 0 Å². The van der Waals surface area contributed by atoms with Gasteiger partial charge in [0.25, 0.3) is 0 Å². The number of piperidine rings is 1. The molecule has 1 fully saturated rings. The van der Waals surface area contributed by atoms with Crippen LogP contribution in [-0.4, -0.2) is 57.7 Å². The van der Waals surface area contributed by atoms with Gasteiger partial charge in [0.2, 0.25) is 0 Å². The van der Waals surface area contributed by atoms with Gasteiger partial charge in [-0.1, -0.05) is 0 Å². The van der Waals surface area contributed by atoms with Crippen LogP contribution < -0.4 is 0 Å². The van der Waals surface area contributed by atoms with Crippen LogP contribution >= 0.6 is 0 Å². The molecule has 0 aromatic carbocycles. The van der Waals surface area contributed by atoms with E-state index in [9.17, 15) is 4.79 Å². The van der Waals surface area contributed by atoms with Gasteiger partial charge in [0.05, 0.1) is 0 Å². The molecule has 1 aliphatic heterocycles. The molecule has 0 bridgehead atoms. The van der Waals surface area contributed by atoms with E-state index in [2.05, 4.69) is 20.5 Å². The molecule has 0 N–H and O–H groups in total. The molecule has 0 amide bonds. The van der Waals surface area contributed by atoms with Crippen LogP contribution in [0.25, 0.3) is 0 Å². The molecular weight excluding hydrogens is 308 g/mol. The van der Waals surface area contributed by atoms with Crippen molar-refractivity contribution in [3.63, 3.8) is 0 Å². The second kappa shape index (κ2) is 6.07. The molecule has 1 saturated heterocycles. The first kappa shape index (κ1) is 12.4. The molecule has 80 valence electrons. The third kappa shape index (κ3) is 3.86. The van der Waals surface area contributed by atoms with E-state index in [1.54, 1.807) is 6.92 Å². The number of carbonyl (C=O) groups is 1. The molecule has 0 saturated carbocycles. The maximum absolute atomic E-state index is 11.1. The Balaban J connectivity index is 2.36. The van der Waals surface area contributed by atoms with Crippen molar-refractivity contribution in [2.75, 3.05) is 13.1 Å². The van der Waals surface area contributed by atoms with Crippen molar-refractivity contribution >= 4 is 39.8 Å². The number of likely N-dealkylation sites (tertiary alicyclic amines) is 1. The van der Waals surface area contributed by atoms with Crippen LogP contribution in [0, 0.1) is 0 Å². The van der Waals surface area contributed by atoms with Crippen molar-refractivity contribution < 1.29 is 4.79 Å². The minimum absolute atomic E-state index is 0.223. The van der Waals surface area contributed by atoms with Gasteiger partial charge in [-0.3, -0.25) is 0 Å². The van der Waals surface area contributed by atoms with Crippen molar-refractivity contribution in [2.24, 2.45) is 0 Å². The van der Waals surface area contributed by atoms with Crippen molar-refractivity contribution in [3.05, 3.63) is 0 Å². The van der Waals surface area contributed by atoms with Crippen LogP contribution in [0.15, 0.2) is 0 Å². The summed E-state index contributed by atoms with van der Waals surface area (Å²) in [6.45, 7) is 6.07. The second-order valence-electron chi connectivity index (χ2n) is 3.68. The molecule has 0 aromatic heterocycles. The zero-order valence-corrected chi connectivity index (χ0v) is 12.2. The topological polar surface area (TPSA) is 20.3 Å². The van der Waals surface area contributed by atoms with E-state index in [1.165, 1.54) is 35.8 Å². The summed E-state index contributed by atoms with van der Waals surface area (Å²) in [6.07, 6.45) is 3.96. The summed E-state index contributed by atoms with van der Waals surface area (Å²) in [5.74, 6) is 0.315. The number of Topliss-reactive ketones (excluding diaryl/α,β-unsaturated/α-hetero) is 1. The first-order valence-electron chi connectivity index (χ1n) is 5.07. The molecule has 0 spiro atoms. The predicted octanol–water partition coefficient (Wildman–Crippen LogP) is 0.830. The van der Waals surface area contributed by atoms with Gasteiger partial charge >= 0.3 is 100 Å². The van der Waals surface area contributed by atoms with Crippen LogP contribution in [0.2, 0.25) is 4.82 Å². The monoisotopic (exact) mass is 327 g/mol. The van der Waals surface area contributed by atoms with Gasteiger partial charge in [-0.15, -0.1) is 0 Å². The first-order valence-corrected chi connectivity index (χ1v) is 7.77. The van der Waals surface area contributed by atoms with Gasteiger partial charge in [0, 0.05) is 0 Å². The van der Waals surface area contributed by atoms with Gasteiger partial charge in [-0.05, 0) is 0 Å². The molecule has 2 nitrogen and oxygen atoms in total. The summed E-state index contributed by atoms with van der Waals surface area (Å²) in [5, 5.41) is 0. The Morgan fingerprint density at radius 2 is 1.93 bits per heavy atom. The number of carbonyl (C=O) groups excluding carboxylic acids is 1. The van der Waals surface area contributed by atoms with Crippen LogP contribution in [0.4, 0.5) is 0 Å². The van der Waals surface area contributed by atoms with E-state index in [-0.39, 0.29) is 4.82 Å². The number of hydrogen-bond acceptors (Lipinski definition) is 2. The zero-order valence-electron chi connectivity index (χ0n) is 8.78. The first-order chi connectivity index (χ1) is 6.61. The van der Waals surface area contributed by atoms with E-state index in [0.29, 0.717) is 20.7 Å². The minimum atomic E-state index is 0.223. The number of rotatable bonds is 4. The summed E-state index contributed by atoms with van der Waals surface area (Å²) in [7, 11) is 0. The molecule has 1 aliphatic rings. The van der Waals surface area contributed by atoms with Gasteiger partial charge in [-0.25, -0.2) is 0 Å². The van der Waals surface area contributed by atoms with Crippen molar-refractivity contribution in [3.8, 4) is 0 Å². The third-order valence-electron chi connectivity index (χ3n) is 2.46. The normalized spacial score (nSPS) is 19.1. The molecular formula is C10H17NOSe2. The van der Waals surface area contributed by atoms with Crippen molar-refractivity contribution in [1.82, 2.24) is 4.90 Å². The van der Waals surface area contributed by atoms with Crippen LogP contribution in [0.3, 0.4) is 0 Å². The Morgan fingerprint density at radius 3 is 2.43 bits per heavy atom. The van der Waals surface area contributed by atoms with Crippen molar-refractivity contribution in [2.45, 2.75) is 37.9 Å². The fraction of sp³-hybridized carbons (Fsp3) is 0.800. The Labute approximate surface area is 100 Å². The standard InChI is InChI=1S/C10H17NOSe2/c1-8(12)9(2)14-10(13)11-6-4-3-5-7-11/h9H,3-7H2,1-2H3. The number of nitrogens with zero attached hydrogens (tertiary/aromatic N) is 1. The number of hydrogen-bond donors (Lipinski definition) is 0. The molecule has 1 heterocycles. The predicted molar refractivity (Wildman–Crippen MR) is 62.0 cm³/mol. The van der Waals surface area contributed by atoms with E-state index < -0.39 is 0 Å². The van der Waals surface area contributed by atoms with Gasteiger partial charge < -0.3 is 0 Å². The third-order valence-corrected chi connectivity index (χ3v) is 6.46. The van der Waals surface area contributed by atoms with Crippen LogP contribution in [-0.2, 0) is 4.79 Å². The Hall–Kier alpha value is 0.379. The van der Waals surface area contributed by atoms with E-state index >= 15 is 0 Å². The van der Waals surface area contributed by atoms with Crippen molar-refractivity contribution in [1.29, 1.82) is 0 Å². The van der Waals surface area contributed by atoms with E-state index in [4.69, 9.17) is 0 Å². The fourth-order valence-corrected chi connectivity index (χ4v) is 5.02. The Kier molecular flexibility index (Phi) is 5.40. The molecule has 1 rings (SSSR count). The summed E-state index contributed by atoms with van der Waals surface area (Å²) >= 11 is 3.46. The average molecular weight is 325 g/mol. The average Bonchev–Trinajstić information content (AvgIpc) is 2.19. The summed E-state index contributed by atoms with van der Waals surface area (Å²) in [4.78, 5) is 13.8. The quantitative estimate of drug-likeness (QED) is 0.714. The van der Waals surface area contributed by atoms with Gasteiger partial charge in [0.15, 0.2) is 0 Å². The maximum atomic E-state index is 11.1. The van der Waals surface area contributed by atoms with Crippen LogP contribution in [0.1, 0.15) is 33.1 Å². The summed E-state index contributed by atoms with van der Waals surface area (Å²) in [6, 6.07) is 0. The Bertz CT molecular complexity index is 224. The summed E-state index contributed by atoms with van der Waals surface area (Å²) < 4.78 is 1.33. The second-order valence-corrected chi connectivity index (χ2v) is 8.60. The van der Waals surface area contributed by atoms with E-state index in [1.807, 2.05) is 6.92 Å².